The molecule has 0 spiro atoms. The van der Waals surface area contributed by atoms with Crippen molar-refractivity contribution in [1.82, 2.24) is 0 Å². The maximum atomic E-state index is 2.42. The Morgan fingerprint density at radius 3 is 1.35 bits per heavy atom. The van der Waals surface area contributed by atoms with Crippen LogP contribution in [0.2, 0.25) is 0 Å². The molecule has 0 fully saturated rings. The number of benzene rings is 9. The summed E-state index contributed by atoms with van der Waals surface area (Å²) in [6, 6.07) is 66.7. The second-order valence-corrected chi connectivity index (χ2v) is 12.1. The smallest absolute Gasteiger partial charge is 0.00259 e. The summed E-state index contributed by atoms with van der Waals surface area (Å²) in [5, 5.41) is 10.1. The van der Waals surface area contributed by atoms with Crippen LogP contribution in [0.4, 0.5) is 0 Å². The van der Waals surface area contributed by atoms with Crippen LogP contribution in [0.3, 0.4) is 0 Å². The lowest BCUT2D eigenvalue weighted by Crippen LogP contribution is -1.92. The Kier molecular flexibility index (Phi) is 6.25. The van der Waals surface area contributed by atoms with Crippen LogP contribution in [0.5, 0.6) is 0 Å². The van der Waals surface area contributed by atoms with Gasteiger partial charge in [0.2, 0.25) is 0 Å². The maximum absolute atomic E-state index is 2.42. The van der Waals surface area contributed by atoms with Gasteiger partial charge in [0.05, 0.1) is 0 Å². The summed E-state index contributed by atoms with van der Waals surface area (Å²) in [7, 11) is 0. The van der Waals surface area contributed by atoms with Crippen molar-refractivity contribution in [2.75, 3.05) is 0 Å². The standard InChI is InChI=1S/C46H30/c1-2-11-31(12-3-1)36-17-10-18-39(28-36)46-42-20-9-8-19-41(42)45(40-24-22-33-14-5-7-16-35(33)29-40)43-26-25-38(30-44(43)46)37-23-21-32-13-4-6-15-34(32)27-37/h1-30H. The highest BCUT2D eigenvalue weighted by atomic mass is 14.2. The topological polar surface area (TPSA) is 0 Å². The lowest BCUT2D eigenvalue weighted by molar-refractivity contribution is 1.61. The molecule has 0 aliphatic rings. The predicted octanol–water partition coefficient (Wildman–Crippen LogP) is 13.0. The van der Waals surface area contributed by atoms with Crippen molar-refractivity contribution >= 4 is 43.1 Å². The van der Waals surface area contributed by atoms with E-state index in [1.54, 1.807) is 0 Å². The van der Waals surface area contributed by atoms with Crippen molar-refractivity contribution in [3.63, 3.8) is 0 Å². The molecule has 0 aliphatic heterocycles. The molecule has 0 unspecified atom stereocenters. The first-order chi connectivity index (χ1) is 22.8. The van der Waals surface area contributed by atoms with Gasteiger partial charge < -0.3 is 0 Å². The van der Waals surface area contributed by atoms with Gasteiger partial charge in [0.25, 0.3) is 0 Å². The fraction of sp³-hybridized carbons (Fsp3) is 0. The molecular formula is C46H30. The Hall–Kier alpha value is -5.98. The second kappa shape index (κ2) is 10.9. The van der Waals surface area contributed by atoms with Crippen molar-refractivity contribution in [1.29, 1.82) is 0 Å². The lowest BCUT2D eigenvalue weighted by Gasteiger charge is -2.19. The summed E-state index contributed by atoms with van der Waals surface area (Å²) in [4.78, 5) is 0. The van der Waals surface area contributed by atoms with E-state index >= 15 is 0 Å². The third-order valence-corrected chi connectivity index (χ3v) is 9.40. The van der Waals surface area contributed by atoms with E-state index < -0.39 is 0 Å². The fourth-order valence-electron chi connectivity index (χ4n) is 7.18. The van der Waals surface area contributed by atoms with Crippen LogP contribution in [-0.4, -0.2) is 0 Å². The zero-order valence-corrected chi connectivity index (χ0v) is 25.3. The molecule has 0 saturated heterocycles. The van der Waals surface area contributed by atoms with Gasteiger partial charge in [-0.25, -0.2) is 0 Å². The summed E-state index contributed by atoms with van der Waals surface area (Å²) in [5.74, 6) is 0. The van der Waals surface area contributed by atoms with Crippen LogP contribution < -0.4 is 0 Å². The predicted molar refractivity (Wildman–Crippen MR) is 198 cm³/mol. The van der Waals surface area contributed by atoms with Crippen molar-refractivity contribution in [3.05, 3.63) is 182 Å². The van der Waals surface area contributed by atoms with Crippen LogP contribution in [0.1, 0.15) is 0 Å². The highest BCUT2D eigenvalue weighted by Gasteiger charge is 2.18. The average molecular weight is 583 g/mol. The van der Waals surface area contributed by atoms with E-state index in [-0.39, 0.29) is 0 Å². The first kappa shape index (κ1) is 26.4. The first-order valence-electron chi connectivity index (χ1n) is 15.9. The van der Waals surface area contributed by atoms with Gasteiger partial charge in [-0.05, 0) is 112 Å². The summed E-state index contributed by atoms with van der Waals surface area (Å²) >= 11 is 0. The molecule has 0 nitrogen and oxygen atoms in total. The van der Waals surface area contributed by atoms with Gasteiger partial charge in [-0.3, -0.25) is 0 Å². The second-order valence-electron chi connectivity index (χ2n) is 12.1. The van der Waals surface area contributed by atoms with Crippen LogP contribution in [0.25, 0.3) is 87.6 Å². The van der Waals surface area contributed by atoms with Gasteiger partial charge >= 0.3 is 0 Å². The molecule has 0 atom stereocenters. The van der Waals surface area contributed by atoms with Crippen molar-refractivity contribution in [2.45, 2.75) is 0 Å². The van der Waals surface area contributed by atoms with Crippen LogP contribution in [0.15, 0.2) is 182 Å². The number of rotatable bonds is 4. The molecule has 9 rings (SSSR count). The van der Waals surface area contributed by atoms with Crippen molar-refractivity contribution in [3.8, 4) is 44.5 Å². The first-order valence-corrected chi connectivity index (χ1v) is 15.9. The quantitative estimate of drug-likeness (QED) is 0.181. The molecule has 0 aromatic heterocycles. The average Bonchev–Trinajstić information content (AvgIpc) is 3.13. The number of hydrogen-bond donors (Lipinski definition) is 0. The minimum absolute atomic E-state index is 1.22. The van der Waals surface area contributed by atoms with E-state index in [9.17, 15) is 0 Å². The van der Waals surface area contributed by atoms with Gasteiger partial charge in [0, 0.05) is 0 Å². The normalized spacial score (nSPS) is 11.5. The lowest BCUT2D eigenvalue weighted by atomic mass is 9.84. The van der Waals surface area contributed by atoms with Crippen molar-refractivity contribution < 1.29 is 0 Å². The van der Waals surface area contributed by atoms with E-state index in [0.29, 0.717) is 0 Å². The number of hydrogen-bond acceptors (Lipinski definition) is 0. The zero-order valence-electron chi connectivity index (χ0n) is 25.3. The third-order valence-electron chi connectivity index (χ3n) is 9.40. The van der Waals surface area contributed by atoms with Gasteiger partial charge in [-0.15, -0.1) is 0 Å². The highest BCUT2D eigenvalue weighted by molar-refractivity contribution is 6.22. The highest BCUT2D eigenvalue weighted by Crippen LogP contribution is 2.46. The molecule has 46 heavy (non-hydrogen) atoms. The Morgan fingerprint density at radius 2 is 0.630 bits per heavy atom. The van der Waals surface area contributed by atoms with E-state index in [0.717, 1.165) is 0 Å². The molecule has 9 aromatic carbocycles. The Labute approximate surface area is 268 Å². The van der Waals surface area contributed by atoms with E-state index in [1.807, 2.05) is 0 Å². The molecule has 0 saturated carbocycles. The monoisotopic (exact) mass is 582 g/mol. The SMILES string of the molecule is c1ccc(-c2cccc(-c3c4ccccc4c(-c4ccc5ccccc5c4)c4ccc(-c5ccc6ccccc6c5)cc34)c2)cc1. The van der Waals surface area contributed by atoms with Gasteiger partial charge in [0.1, 0.15) is 0 Å². The molecule has 9 aromatic rings. The molecule has 0 amide bonds. The molecular weight excluding hydrogens is 553 g/mol. The molecule has 0 bridgehead atoms. The van der Waals surface area contributed by atoms with Crippen LogP contribution >= 0.6 is 0 Å². The number of fused-ring (bicyclic) bond motifs is 4. The molecule has 0 N–H and O–H groups in total. The fourth-order valence-corrected chi connectivity index (χ4v) is 7.18. The summed E-state index contributed by atoms with van der Waals surface area (Å²) in [6.45, 7) is 0. The minimum Gasteiger partial charge on any atom is -0.0622 e. The van der Waals surface area contributed by atoms with Gasteiger partial charge in [-0.2, -0.15) is 0 Å². The third kappa shape index (κ3) is 4.47. The van der Waals surface area contributed by atoms with E-state index in [2.05, 4.69) is 182 Å². The van der Waals surface area contributed by atoms with Gasteiger partial charge in [0.15, 0.2) is 0 Å². The molecule has 0 heteroatoms. The summed E-state index contributed by atoms with van der Waals surface area (Å²) < 4.78 is 0. The van der Waals surface area contributed by atoms with Crippen molar-refractivity contribution in [2.24, 2.45) is 0 Å². The Balaban J connectivity index is 1.37. The Morgan fingerprint density at radius 1 is 0.196 bits per heavy atom. The molecule has 214 valence electrons. The van der Waals surface area contributed by atoms with E-state index in [4.69, 9.17) is 0 Å². The molecule has 0 heterocycles. The molecule has 0 aliphatic carbocycles. The Bertz CT molecular complexity index is 2570. The minimum atomic E-state index is 1.22. The van der Waals surface area contributed by atoms with E-state index in [1.165, 1.54) is 87.6 Å². The zero-order chi connectivity index (χ0) is 30.5. The summed E-state index contributed by atoms with van der Waals surface area (Å²) in [5.41, 5.74) is 9.91. The van der Waals surface area contributed by atoms with Crippen LogP contribution in [0, 0.1) is 0 Å². The summed E-state index contributed by atoms with van der Waals surface area (Å²) in [6.07, 6.45) is 0. The maximum Gasteiger partial charge on any atom is -0.00259 e. The molecule has 0 radical (unpaired) electrons. The van der Waals surface area contributed by atoms with Gasteiger partial charge in [-0.1, -0.05) is 158 Å². The van der Waals surface area contributed by atoms with Crippen LogP contribution in [-0.2, 0) is 0 Å². The largest absolute Gasteiger partial charge is 0.0622 e.